The molecule has 0 aliphatic rings. The molecule has 0 fully saturated rings. The maximum Gasteiger partial charge on any atom is 0.417 e. The van der Waals surface area contributed by atoms with Gasteiger partial charge in [-0.05, 0) is 38.6 Å². The molecule has 5 heteroatoms. The number of benzene rings is 1. The molecule has 1 aromatic heterocycles. The Balaban J connectivity index is 2.10. The summed E-state index contributed by atoms with van der Waals surface area (Å²) in [5.74, 6) is -0.411. The first kappa shape index (κ1) is 12.9. The van der Waals surface area contributed by atoms with Crippen molar-refractivity contribution < 1.29 is 4.42 Å². The van der Waals surface area contributed by atoms with Crippen LogP contribution in [0.3, 0.4) is 0 Å². The Morgan fingerprint density at radius 2 is 2.17 bits per heavy atom. The Bertz CT molecular complexity index is 583. The van der Waals surface area contributed by atoms with Gasteiger partial charge in [0.05, 0.1) is 5.52 Å². The summed E-state index contributed by atoms with van der Waals surface area (Å²) >= 11 is 0. The fourth-order valence-corrected chi connectivity index (χ4v) is 1.95. The van der Waals surface area contributed by atoms with Gasteiger partial charge < -0.3 is 15.1 Å². The highest BCUT2D eigenvalue weighted by molar-refractivity contribution is 5.72. The van der Waals surface area contributed by atoms with E-state index >= 15 is 0 Å². The van der Waals surface area contributed by atoms with Gasteiger partial charge in [-0.1, -0.05) is 6.07 Å². The molecule has 3 N–H and O–H groups in total. The summed E-state index contributed by atoms with van der Waals surface area (Å²) < 4.78 is 4.97. The third kappa shape index (κ3) is 3.00. The first-order chi connectivity index (χ1) is 8.50. The molecule has 0 atom stereocenters. The number of oxazole rings is 1. The number of aromatic nitrogens is 1. The standard InChI is InChI=1S/C13H19N3O2/c1-13(2,8-14-3)15-7-9-4-5-11-10(6-9)16-12(17)18-11/h4-6,14-15H,7-8H2,1-3H3,(H,16,17). The molecule has 0 aliphatic carbocycles. The van der Waals surface area contributed by atoms with Gasteiger partial charge in [0.25, 0.3) is 0 Å². The predicted octanol–water partition coefficient (Wildman–Crippen LogP) is 1.21. The monoisotopic (exact) mass is 249 g/mol. The van der Waals surface area contributed by atoms with E-state index in [1.807, 2.05) is 25.2 Å². The topological polar surface area (TPSA) is 70.1 Å². The van der Waals surface area contributed by atoms with Crippen molar-refractivity contribution in [1.29, 1.82) is 0 Å². The van der Waals surface area contributed by atoms with Crippen LogP contribution >= 0.6 is 0 Å². The van der Waals surface area contributed by atoms with Gasteiger partial charge in [-0.25, -0.2) is 4.79 Å². The Morgan fingerprint density at radius 3 is 2.89 bits per heavy atom. The van der Waals surface area contributed by atoms with E-state index in [0.29, 0.717) is 5.58 Å². The van der Waals surface area contributed by atoms with E-state index in [4.69, 9.17) is 4.42 Å². The molecule has 0 unspecified atom stereocenters. The van der Waals surface area contributed by atoms with Gasteiger partial charge in [0.15, 0.2) is 5.58 Å². The van der Waals surface area contributed by atoms with E-state index in [2.05, 4.69) is 29.5 Å². The van der Waals surface area contributed by atoms with E-state index in [1.54, 1.807) is 0 Å². The minimum Gasteiger partial charge on any atom is -0.408 e. The van der Waals surface area contributed by atoms with E-state index in [1.165, 1.54) is 0 Å². The van der Waals surface area contributed by atoms with Crippen molar-refractivity contribution in [3.63, 3.8) is 0 Å². The molecule has 1 aromatic carbocycles. The molecule has 0 amide bonds. The zero-order chi connectivity index (χ0) is 13.2. The van der Waals surface area contributed by atoms with Gasteiger partial charge in [-0.15, -0.1) is 0 Å². The molecule has 2 rings (SSSR count). The van der Waals surface area contributed by atoms with Gasteiger partial charge >= 0.3 is 5.76 Å². The highest BCUT2D eigenvalue weighted by Gasteiger charge is 2.15. The third-order valence-corrected chi connectivity index (χ3v) is 2.87. The maximum absolute atomic E-state index is 11.1. The van der Waals surface area contributed by atoms with Crippen molar-refractivity contribution in [3.8, 4) is 0 Å². The number of H-pyrrole nitrogens is 1. The van der Waals surface area contributed by atoms with Gasteiger partial charge in [0.2, 0.25) is 0 Å². The second kappa shape index (κ2) is 4.96. The Hall–Kier alpha value is -1.59. The fourth-order valence-electron chi connectivity index (χ4n) is 1.95. The highest BCUT2D eigenvalue weighted by atomic mass is 16.4. The van der Waals surface area contributed by atoms with Crippen molar-refractivity contribution in [2.24, 2.45) is 0 Å². The van der Waals surface area contributed by atoms with Crippen molar-refractivity contribution in [2.45, 2.75) is 25.9 Å². The van der Waals surface area contributed by atoms with E-state index < -0.39 is 5.76 Å². The molecule has 18 heavy (non-hydrogen) atoms. The fraction of sp³-hybridized carbons (Fsp3) is 0.462. The molecule has 1 heterocycles. The first-order valence-electron chi connectivity index (χ1n) is 6.01. The summed E-state index contributed by atoms with van der Waals surface area (Å²) in [7, 11) is 1.94. The molecule has 0 aliphatic heterocycles. The average molecular weight is 249 g/mol. The molecule has 0 saturated heterocycles. The molecule has 0 bridgehead atoms. The summed E-state index contributed by atoms with van der Waals surface area (Å²) in [5, 5.41) is 6.61. The maximum atomic E-state index is 11.1. The summed E-state index contributed by atoms with van der Waals surface area (Å²) in [6, 6.07) is 5.71. The van der Waals surface area contributed by atoms with Gasteiger partial charge in [0, 0.05) is 18.6 Å². The molecule has 0 saturated carbocycles. The van der Waals surface area contributed by atoms with Crippen LogP contribution in [0.15, 0.2) is 27.4 Å². The van der Waals surface area contributed by atoms with Crippen LogP contribution in [-0.2, 0) is 6.54 Å². The molecule has 5 nitrogen and oxygen atoms in total. The highest BCUT2D eigenvalue weighted by Crippen LogP contribution is 2.13. The molecular weight excluding hydrogens is 230 g/mol. The number of nitrogens with one attached hydrogen (secondary N) is 3. The lowest BCUT2D eigenvalue weighted by Gasteiger charge is -2.26. The Kier molecular flexibility index (Phi) is 3.54. The Morgan fingerprint density at radius 1 is 1.39 bits per heavy atom. The minimum absolute atomic E-state index is 0.0213. The number of likely N-dealkylation sites (N-methyl/N-ethyl adjacent to an activating group) is 1. The van der Waals surface area contributed by atoms with Crippen molar-refractivity contribution in [2.75, 3.05) is 13.6 Å². The average Bonchev–Trinajstić information content (AvgIpc) is 2.65. The van der Waals surface area contributed by atoms with Gasteiger partial charge in [0.1, 0.15) is 0 Å². The van der Waals surface area contributed by atoms with Crippen LogP contribution in [0, 0.1) is 0 Å². The number of hydrogen-bond donors (Lipinski definition) is 3. The number of fused-ring (bicyclic) bond motifs is 1. The van der Waals surface area contributed by atoms with E-state index in [0.717, 1.165) is 24.2 Å². The normalized spacial score (nSPS) is 12.2. The summed E-state index contributed by atoms with van der Waals surface area (Å²) in [6.07, 6.45) is 0. The predicted molar refractivity (Wildman–Crippen MR) is 71.7 cm³/mol. The van der Waals surface area contributed by atoms with E-state index in [9.17, 15) is 4.79 Å². The van der Waals surface area contributed by atoms with Crippen LogP contribution in [-0.4, -0.2) is 24.1 Å². The van der Waals surface area contributed by atoms with Gasteiger partial charge in [-0.3, -0.25) is 4.98 Å². The minimum atomic E-state index is -0.411. The molecule has 98 valence electrons. The third-order valence-electron chi connectivity index (χ3n) is 2.87. The van der Waals surface area contributed by atoms with Crippen LogP contribution in [0.25, 0.3) is 11.1 Å². The second-order valence-electron chi connectivity index (χ2n) is 5.11. The number of rotatable bonds is 5. The number of hydrogen-bond acceptors (Lipinski definition) is 4. The van der Waals surface area contributed by atoms with Crippen LogP contribution in [0.5, 0.6) is 0 Å². The molecular formula is C13H19N3O2. The van der Waals surface area contributed by atoms with Crippen LogP contribution in [0.1, 0.15) is 19.4 Å². The van der Waals surface area contributed by atoms with Crippen LogP contribution < -0.4 is 16.4 Å². The lowest BCUT2D eigenvalue weighted by Crippen LogP contribution is -2.46. The van der Waals surface area contributed by atoms with Crippen LogP contribution in [0.4, 0.5) is 0 Å². The van der Waals surface area contributed by atoms with Crippen molar-refractivity contribution >= 4 is 11.1 Å². The number of aromatic amines is 1. The molecule has 0 spiro atoms. The zero-order valence-electron chi connectivity index (χ0n) is 11.0. The molecule has 2 aromatic rings. The van der Waals surface area contributed by atoms with E-state index in [-0.39, 0.29) is 5.54 Å². The van der Waals surface area contributed by atoms with Crippen molar-refractivity contribution in [3.05, 3.63) is 34.3 Å². The summed E-state index contributed by atoms with van der Waals surface area (Å²) in [4.78, 5) is 13.7. The molecule has 0 radical (unpaired) electrons. The van der Waals surface area contributed by atoms with Crippen LogP contribution in [0.2, 0.25) is 0 Å². The summed E-state index contributed by atoms with van der Waals surface area (Å²) in [5.41, 5.74) is 2.47. The second-order valence-corrected chi connectivity index (χ2v) is 5.11. The SMILES string of the molecule is CNCC(C)(C)NCc1ccc2oc(=O)[nH]c2c1. The largest absolute Gasteiger partial charge is 0.417 e. The Labute approximate surface area is 106 Å². The zero-order valence-corrected chi connectivity index (χ0v) is 11.0. The van der Waals surface area contributed by atoms with Crippen molar-refractivity contribution in [1.82, 2.24) is 15.6 Å². The van der Waals surface area contributed by atoms with Gasteiger partial charge in [-0.2, -0.15) is 0 Å². The first-order valence-corrected chi connectivity index (χ1v) is 6.01. The summed E-state index contributed by atoms with van der Waals surface area (Å²) in [6.45, 7) is 5.92. The lowest BCUT2D eigenvalue weighted by atomic mass is 10.1. The lowest BCUT2D eigenvalue weighted by molar-refractivity contribution is 0.374. The quantitative estimate of drug-likeness (QED) is 0.745. The smallest absolute Gasteiger partial charge is 0.408 e.